The first-order valence-electron chi connectivity index (χ1n) is 12.5. The maximum Gasteiger partial charge on any atom is 0.258 e. The molecular weight excluding hydrogens is 440 g/mol. The van der Waals surface area contributed by atoms with Crippen LogP contribution in [0.15, 0.2) is 42.5 Å². The highest BCUT2D eigenvalue weighted by Gasteiger charge is 2.27. The Hall–Kier alpha value is -3.39. The maximum absolute atomic E-state index is 13.7. The molecule has 1 amide bonds. The molecule has 3 aromatic rings. The second kappa shape index (κ2) is 10.1. The third-order valence-corrected chi connectivity index (χ3v) is 6.91. The number of piperazine rings is 2. The summed E-state index contributed by atoms with van der Waals surface area (Å²) in [6.07, 6.45) is 0. The number of carbonyl (C=O) groups excluding carboxylic acids is 1. The second-order valence-electron chi connectivity index (χ2n) is 9.33. The molecule has 0 atom stereocenters. The van der Waals surface area contributed by atoms with E-state index < -0.39 is 0 Å². The molecular formula is C27H34N6O2. The normalized spacial score (nSPS) is 17.2. The van der Waals surface area contributed by atoms with Crippen LogP contribution in [-0.4, -0.2) is 91.7 Å². The summed E-state index contributed by atoms with van der Waals surface area (Å²) in [6.45, 7) is 11.2. The van der Waals surface area contributed by atoms with Crippen molar-refractivity contribution in [1.82, 2.24) is 19.8 Å². The van der Waals surface area contributed by atoms with Crippen LogP contribution < -0.4 is 14.5 Å². The number of benzene rings is 2. The fourth-order valence-electron chi connectivity index (χ4n) is 4.89. The molecule has 0 bridgehead atoms. The van der Waals surface area contributed by atoms with E-state index in [9.17, 15) is 4.79 Å². The van der Waals surface area contributed by atoms with E-state index in [-0.39, 0.29) is 5.91 Å². The highest BCUT2D eigenvalue weighted by atomic mass is 16.5. The first-order chi connectivity index (χ1) is 17.0. The molecule has 2 aliphatic heterocycles. The van der Waals surface area contributed by atoms with Crippen LogP contribution in [0.3, 0.4) is 0 Å². The van der Waals surface area contributed by atoms with Crippen molar-refractivity contribution in [2.75, 3.05) is 75.8 Å². The molecule has 35 heavy (non-hydrogen) atoms. The number of nitrogens with zero attached hydrogens (tertiary/aromatic N) is 6. The van der Waals surface area contributed by atoms with Crippen molar-refractivity contribution >= 4 is 28.4 Å². The van der Waals surface area contributed by atoms with Crippen LogP contribution in [0.4, 0.5) is 11.8 Å². The van der Waals surface area contributed by atoms with Gasteiger partial charge in [-0.25, -0.2) is 4.98 Å². The van der Waals surface area contributed by atoms with E-state index in [0.717, 1.165) is 54.4 Å². The average molecular weight is 475 g/mol. The van der Waals surface area contributed by atoms with Crippen molar-refractivity contribution < 1.29 is 9.53 Å². The van der Waals surface area contributed by atoms with Crippen molar-refractivity contribution in [2.24, 2.45) is 0 Å². The lowest BCUT2D eigenvalue weighted by Crippen LogP contribution is -2.49. The summed E-state index contributed by atoms with van der Waals surface area (Å²) in [6, 6.07) is 14.0. The number of rotatable bonds is 5. The Morgan fingerprint density at radius 3 is 2.37 bits per heavy atom. The van der Waals surface area contributed by atoms with E-state index in [2.05, 4.69) is 27.8 Å². The molecule has 1 aromatic heterocycles. The largest absolute Gasteiger partial charge is 0.493 e. The summed E-state index contributed by atoms with van der Waals surface area (Å²) in [5.74, 6) is 2.42. The number of anilines is 2. The quantitative estimate of drug-likeness (QED) is 0.563. The van der Waals surface area contributed by atoms with E-state index in [1.807, 2.05) is 55.1 Å². The Bertz CT molecular complexity index is 1200. The van der Waals surface area contributed by atoms with Crippen molar-refractivity contribution in [3.63, 3.8) is 0 Å². The topological polar surface area (TPSA) is 65.0 Å². The van der Waals surface area contributed by atoms with Gasteiger partial charge in [0.15, 0.2) is 0 Å². The number of hydrogen-bond acceptors (Lipinski definition) is 7. The number of aryl methyl sites for hydroxylation is 1. The Labute approximate surface area is 207 Å². The van der Waals surface area contributed by atoms with Crippen molar-refractivity contribution in [1.29, 1.82) is 0 Å². The van der Waals surface area contributed by atoms with Crippen LogP contribution in [0.5, 0.6) is 5.75 Å². The molecule has 0 N–H and O–H groups in total. The summed E-state index contributed by atoms with van der Waals surface area (Å²) in [7, 11) is 2.16. The average Bonchev–Trinajstić information content (AvgIpc) is 2.88. The molecule has 0 aliphatic carbocycles. The molecule has 184 valence electrons. The summed E-state index contributed by atoms with van der Waals surface area (Å²) in [4.78, 5) is 32.1. The van der Waals surface area contributed by atoms with E-state index in [1.54, 1.807) is 0 Å². The summed E-state index contributed by atoms with van der Waals surface area (Å²) < 4.78 is 5.85. The van der Waals surface area contributed by atoms with Crippen LogP contribution in [0.1, 0.15) is 23.0 Å². The molecule has 0 spiro atoms. The highest BCUT2D eigenvalue weighted by molar-refractivity contribution is 6.09. The van der Waals surface area contributed by atoms with Crippen LogP contribution in [0.25, 0.3) is 10.8 Å². The van der Waals surface area contributed by atoms with Gasteiger partial charge in [0, 0.05) is 64.1 Å². The highest BCUT2D eigenvalue weighted by Crippen LogP contribution is 2.30. The number of carbonyl (C=O) groups is 1. The Morgan fingerprint density at radius 2 is 1.63 bits per heavy atom. The standard InChI is InChI=1S/C27H34N6O2/c1-4-35-23-10-9-21-7-5-6-8-22(21)25(23)26(34)32-15-17-33(18-16-32)27-28-20(2)19-24(29-27)31-13-11-30(3)12-14-31/h5-10,19H,4,11-18H2,1-3H3. The Balaban J connectivity index is 1.33. The third kappa shape index (κ3) is 4.89. The number of amides is 1. The SMILES string of the molecule is CCOc1ccc2ccccc2c1C(=O)N1CCN(c2nc(C)cc(N3CCN(C)CC3)n2)CC1. The van der Waals surface area contributed by atoms with Crippen LogP contribution in [0.2, 0.25) is 0 Å². The summed E-state index contributed by atoms with van der Waals surface area (Å²) >= 11 is 0. The predicted octanol–water partition coefficient (Wildman–Crippen LogP) is 3.05. The van der Waals surface area contributed by atoms with Crippen molar-refractivity contribution in [3.8, 4) is 5.75 Å². The first-order valence-corrected chi connectivity index (χ1v) is 12.5. The molecule has 2 fully saturated rings. The zero-order chi connectivity index (χ0) is 24.4. The lowest BCUT2D eigenvalue weighted by molar-refractivity contribution is 0.0744. The third-order valence-electron chi connectivity index (χ3n) is 6.91. The minimum atomic E-state index is 0.0215. The fourth-order valence-corrected chi connectivity index (χ4v) is 4.89. The number of ether oxygens (including phenoxy) is 1. The molecule has 3 heterocycles. The molecule has 0 radical (unpaired) electrons. The van der Waals surface area contributed by atoms with E-state index >= 15 is 0 Å². The molecule has 2 aliphatic rings. The van der Waals surface area contributed by atoms with Gasteiger partial charge in [0.1, 0.15) is 11.6 Å². The Morgan fingerprint density at radius 1 is 0.914 bits per heavy atom. The molecule has 8 heteroatoms. The van der Waals surface area contributed by atoms with Gasteiger partial charge in [-0.2, -0.15) is 4.98 Å². The number of hydrogen-bond donors (Lipinski definition) is 0. The Kier molecular flexibility index (Phi) is 6.72. The second-order valence-corrected chi connectivity index (χ2v) is 9.33. The van der Waals surface area contributed by atoms with Crippen LogP contribution >= 0.6 is 0 Å². The number of likely N-dealkylation sites (N-methyl/N-ethyl adjacent to an activating group) is 1. The van der Waals surface area contributed by atoms with Gasteiger partial charge >= 0.3 is 0 Å². The van der Waals surface area contributed by atoms with Gasteiger partial charge in [-0.3, -0.25) is 4.79 Å². The maximum atomic E-state index is 13.7. The van der Waals surface area contributed by atoms with Crippen molar-refractivity contribution in [3.05, 3.63) is 53.7 Å². The van der Waals surface area contributed by atoms with Crippen LogP contribution in [-0.2, 0) is 0 Å². The monoisotopic (exact) mass is 474 g/mol. The predicted molar refractivity (Wildman–Crippen MR) is 140 cm³/mol. The number of aromatic nitrogens is 2. The fraction of sp³-hybridized carbons (Fsp3) is 0.444. The van der Waals surface area contributed by atoms with Gasteiger partial charge in [-0.15, -0.1) is 0 Å². The first kappa shape index (κ1) is 23.4. The van der Waals surface area contributed by atoms with Gasteiger partial charge in [-0.05, 0) is 37.7 Å². The summed E-state index contributed by atoms with van der Waals surface area (Å²) in [5.41, 5.74) is 1.63. The van der Waals surface area contributed by atoms with Crippen LogP contribution in [0, 0.1) is 6.92 Å². The molecule has 2 saturated heterocycles. The lowest BCUT2D eigenvalue weighted by atomic mass is 10.0. The van der Waals surface area contributed by atoms with E-state index in [1.165, 1.54) is 0 Å². The summed E-state index contributed by atoms with van der Waals surface area (Å²) in [5, 5.41) is 1.98. The van der Waals surface area contributed by atoms with Gasteiger partial charge in [-0.1, -0.05) is 30.3 Å². The molecule has 8 nitrogen and oxygen atoms in total. The van der Waals surface area contributed by atoms with Gasteiger partial charge in [0.25, 0.3) is 5.91 Å². The minimum absolute atomic E-state index is 0.0215. The number of fused-ring (bicyclic) bond motifs is 1. The van der Waals surface area contributed by atoms with E-state index in [4.69, 9.17) is 14.7 Å². The lowest BCUT2D eigenvalue weighted by Gasteiger charge is -2.36. The molecule has 2 aromatic carbocycles. The molecule has 0 unspecified atom stereocenters. The van der Waals surface area contributed by atoms with Gasteiger partial charge in [0.2, 0.25) is 5.95 Å². The molecule has 0 saturated carbocycles. The zero-order valence-electron chi connectivity index (χ0n) is 20.9. The molecule has 5 rings (SSSR count). The zero-order valence-corrected chi connectivity index (χ0v) is 20.9. The minimum Gasteiger partial charge on any atom is -0.493 e. The van der Waals surface area contributed by atoms with Crippen molar-refractivity contribution in [2.45, 2.75) is 13.8 Å². The smallest absolute Gasteiger partial charge is 0.258 e. The van der Waals surface area contributed by atoms with Gasteiger partial charge in [0.05, 0.1) is 12.2 Å². The van der Waals surface area contributed by atoms with Gasteiger partial charge < -0.3 is 24.3 Å². The van der Waals surface area contributed by atoms with E-state index in [0.29, 0.717) is 44.1 Å².